The number of nitrogens with one attached hydrogen (secondary N) is 2. The Hall–Kier alpha value is -2.76. The van der Waals surface area contributed by atoms with Crippen molar-refractivity contribution in [2.24, 2.45) is 0 Å². The highest BCUT2D eigenvalue weighted by Crippen LogP contribution is 2.13. The van der Waals surface area contributed by atoms with E-state index >= 15 is 0 Å². The maximum Gasteiger partial charge on any atom is 0.256 e. The van der Waals surface area contributed by atoms with E-state index in [9.17, 15) is 4.79 Å². The molecule has 0 radical (unpaired) electrons. The van der Waals surface area contributed by atoms with Gasteiger partial charge in [-0.15, -0.1) is 5.10 Å². The molecule has 0 spiro atoms. The van der Waals surface area contributed by atoms with E-state index in [4.69, 9.17) is 0 Å². The third-order valence-corrected chi connectivity index (χ3v) is 2.52. The summed E-state index contributed by atoms with van der Waals surface area (Å²) in [6.45, 7) is 0. The summed E-state index contributed by atoms with van der Waals surface area (Å²) in [5.74, 6) is 0.194. The lowest BCUT2D eigenvalue weighted by molar-refractivity contribution is 0.102. The number of carbonyl (C=O) groups is 1. The van der Waals surface area contributed by atoms with Crippen molar-refractivity contribution in [1.82, 2.24) is 20.4 Å². The van der Waals surface area contributed by atoms with Crippen molar-refractivity contribution in [3.8, 4) is 0 Å². The third kappa shape index (κ3) is 1.91. The van der Waals surface area contributed by atoms with Crippen LogP contribution in [0.4, 0.5) is 5.82 Å². The zero-order valence-corrected chi connectivity index (χ0v) is 9.29. The second-order valence-electron chi connectivity index (χ2n) is 3.74. The quantitative estimate of drug-likeness (QED) is 0.711. The second kappa shape index (κ2) is 4.25. The van der Waals surface area contributed by atoms with E-state index in [2.05, 4.69) is 25.7 Å². The highest BCUT2D eigenvalue weighted by Gasteiger charge is 2.08. The molecule has 1 amide bonds. The molecule has 0 atom stereocenters. The number of hydrogen-bond donors (Lipinski definition) is 2. The summed E-state index contributed by atoms with van der Waals surface area (Å²) in [4.78, 5) is 12.0. The van der Waals surface area contributed by atoms with Crippen LogP contribution >= 0.6 is 0 Å². The predicted molar refractivity (Wildman–Crippen MR) is 66.1 cm³/mol. The number of carbonyl (C=O) groups excluding carboxylic acids is 1. The fourth-order valence-electron chi connectivity index (χ4n) is 1.63. The summed E-state index contributed by atoms with van der Waals surface area (Å²) in [6.07, 6.45) is 3.26. The summed E-state index contributed by atoms with van der Waals surface area (Å²) < 4.78 is 0. The van der Waals surface area contributed by atoms with Crippen molar-refractivity contribution in [3.05, 3.63) is 48.3 Å². The standard InChI is InChI=1S/C12H9N5O/c18-12(15-11-2-1-5-13-17-11)8-3-4-9-7-14-16-10(9)6-8/h1-7H,(H,14,16)(H,15,17,18). The molecule has 6 heteroatoms. The van der Waals surface area contributed by atoms with Crippen LogP contribution in [0.5, 0.6) is 0 Å². The molecular weight excluding hydrogens is 230 g/mol. The van der Waals surface area contributed by atoms with Gasteiger partial charge in [-0.1, -0.05) is 6.07 Å². The van der Waals surface area contributed by atoms with Crippen LogP contribution < -0.4 is 5.32 Å². The molecule has 0 aliphatic heterocycles. The molecular formula is C12H9N5O. The second-order valence-corrected chi connectivity index (χ2v) is 3.74. The van der Waals surface area contributed by atoms with Crippen LogP contribution in [-0.4, -0.2) is 26.3 Å². The first-order chi connectivity index (χ1) is 8.83. The minimum absolute atomic E-state index is 0.230. The van der Waals surface area contributed by atoms with Gasteiger partial charge < -0.3 is 5.32 Å². The normalized spacial score (nSPS) is 10.4. The van der Waals surface area contributed by atoms with Gasteiger partial charge in [0.2, 0.25) is 0 Å². The minimum atomic E-state index is -0.230. The Kier molecular flexibility index (Phi) is 2.45. The number of amides is 1. The van der Waals surface area contributed by atoms with E-state index in [-0.39, 0.29) is 5.91 Å². The van der Waals surface area contributed by atoms with Gasteiger partial charge in [-0.3, -0.25) is 9.89 Å². The van der Waals surface area contributed by atoms with Gasteiger partial charge in [0.15, 0.2) is 5.82 Å². The number of aromatic nitrogens is 4. The van der Waals surface area contributed by atoms with E-state index in [1.807, 2.05) is 6.07 Å². The Morgan fingerprint density at radius 2 is 2.22 bits per heavy atom. The highest BCUT2D eigenvalue weighted by molar-refractivity contribution is 6.05. The number of benzene rings is 1. The fourth-order valence-corrected chi connectivity index (χ4v) is 1.63. The maximum atomic E-state index is 12.0. The lowest BCUT2D eigenvalue weighted by Gasteiger charge is -2.03. The molecule has 0 saturated heterocycles. The summed E-state index contributed by atoms with van der Waals surface area (Å²) in [6, 6.07) is 8.71. The van der Waals surface area contributed by atoms with Crippen molar-refractivity contribution in [1.29, 1.82) is 0 Å². The van der Waals surface area contributed by atoms with Crippen molar-refractivity contribution < 1.29 is 4.79 Å². The first kappa shape index (κ1) is 10.4. The molecule has 0 saturated carbocycles. The molecule has 2 N–H and O–H groups in total. The molecule has 3 aromatic rings. The van der Waals surface area contributed by atoms with E-state index in [1.165, 1.54) is 0 Å². The summed E-state index contributed by atoms with van der Waals surface area (Å²) >= 11 is 0. The van der Waals surface area contributed by atoms with E-state index in [0.29, 0.717) is 11.4 Å². The van der Waals surface area contributed by atoms with Crippen molar-refractivity contribution >= 4 is 22.6 Å². The Morgan fingerprint density at radius 3 is 3.06 bits per heavy atom. The van der Waals surface area contributed by atoms with Crippen LogP contribution in [0.3, 0.4) is 0 Å². The SMILES string of the molecule is O=C(Nc1cccnn1)c1ccc2cn[nH]c2c1. The molecule has 18 heavy (non-hydrogen) atoms. The smallest absolute Gasteiger partial charge is 0.256 e. The number of H-pyrrole nitrogens is 1. The molecule has 0 unspecified atom stereocenters. The first-order valence-corrected chi connectivity index (χ1v) is 5.35. The summed E-state index contributed by atoms with van der Waals surface area (Å²) in [5.41, 5.74) is 1.36. The lowest BCUT2D eigenvalue weighted by atomic mass is 10.1. The molecule has 1 aromatic carbocycles. The van der Waals surface area contributed by atoms with Gasteiger partial charge in [0.25, 0.3) is 5.91 Å². The van der Waals surface area contributed by atoms with Gasteiger partial charge in [0.1, 0.15) is 0 Å². The molecule has 0 aliphatic rings. The Bertz CT molecular complexity index is 692. The topological polar surface area (TPSA) is 83.6 Å². The molecule has 88 valence electrons. The van der Waals surface area contributed by atoms with Gasteiger partial charge in [-0.2, -0.15) is 10.2 Å². The zero-order chi connectivity index (χ0) is 12.4. The molecule has 0 fully saturated rings. The predicted octanol–water partition coefficient (Wildman–Crippen LogP) is 1.61. The van der Waals surface area contributed by atoms with Gasteiger partial charge in [0, 0.05) is 17.1 Å². The summed E-state index contributed by atoms with van der Waals surface area (Å²) in [5, 5.41) is 17.8. The first-order valence-electron chi connectivity index (χ1n) is 5.35. The number of rotatable bonds is 2. The number of hydrogen-bond acceptors (Lipinski definition) is 4. The summed E-state index contributed by atoms with van der Waals surface area (Å²) in [7, 11) is 0. The zero-order valence-electron chi connectivity index (χ0n) is 9.29. The van der Waals surface area contributed by atoms with Gasteiger partial charge in [0.05, 0.1) is 11.7 Å². The molecule has 0 aliphatic carbocycles. The molecule has 3 rings (SSSR count). The van der Waals surface area contributed by atoms with Gasteiger partial charge in [-0.05, 0) is 24.3 Å². The highest BCUT2D eigenvalue weighted by atomic mass is 16.1. The molecule has 6 nitrogen and oxygen atoms in total. The van der Waals surface area contributed by atoms with Crippen LogP contribution in [0.1, 0.15) is 10.4 Å². The largest absolute Gasteiger partial charge is 0.305 e. The molecule has 0 bridgehead atoms. The van der Waals surface area contributed by atoms with Crippen molar-refractivity contribution in [2.45, 2.75) is 0 Å². The van der Waals surface area contributed by atoms with Crippen molar-refractivity contribution in [3.63, 3.8) is 0 Å². The van der Waals surface area contributed by atoms with E-state index in [0.717, 1.165) is 10.9 Å². The Morgan fingerprint density at radius 1 is 1.28 bits per heavy atom. The number of nitrogens with zero attached hydrogens (tertiary/aromatic N) is 3. The van der Waals surface area contributed by atoms with E-state index in [1.54, 1.807) is 36.7 Å². The van der Waals surface area contributed by atoms with Crippen LogP contribution in [-0.2, 0) is 0 Å². The average Bonchev–Trinajstić information content (AvgIpc) is 2.87. The van der Waals surface area contributed by atoms with Crippen LogP contribution in [0.25, 0.3) is 10.9 Å². The number of anilines is 1. The average molecular weight is 239 g/mol. The third-order valence-electron chi connectivity index (χ3n) is 2.52. The molecule has 2 heterocycles. The van der Waals surface area contributed by atoms with Gasteiger partial charge >= 0.3 is 0 Å². The minimum Gasteiger partial charge on any atom is -0.305 e. The number of fused-ring (bicyclic) bond motifs is 1. The van der Waals surface area contributed by atoms with Crippen molar-refractivity contribution in [2.75, 3.05) is 5.32 Å². The lowest BCUT2D eigenvalue weighted by Crippen LogP contribution is -2.13. The Labute approximate surface area is 102 Å². The molecule has 2 aromatic heterocycles. The monoisotopic (exact) mass is 239 g/mol. The van der Waals surface area contributed by atoms with Crippen LogP contribution in [0, 0.1) is 0 Å². The van der Waals surface area contributed by atoms with Gasteiger partial charge in [-0.25, -0.2) is 0 Å². The number of aromatic amines is 1. The van der Waals surface area contributed by atoms with Crippen LogP contribution in [0.2, 0.25) is 0 Å². The van der Waals surface area contributed by atoms with Crippen LogP contribution in [0.15, 0.2) is 42.7 Å². The Balaban J connectivity index is 1.87. The maximum absolute atomic E-state index is 12.0. The fraction of sp³-hybridized carbons (Fsp3) is 0. The van der Waals surface area contributed by atoms with E-state index < -0.39 is 0 Å².